The number of para-hydroxylation sites is 1. The van der Waals surface area contributed by atoms with Gasteiger partial charge in [0.1, 0.15) is 12.4 Å². The number of rotatable bonds is 3. The van der Waals surface area contributed by atoms with Crippen LogP contribution in [0.1, 0.15) is 5.56 Å². The lowest BCUT2D eigenvalue weighted by Gasteiger charge is -2.29. The number of carbonyl (C=O) groups excluding carboxylic acids is 1. The topological polar surface area (TPSA) is 64.4 Å². The summed E-state index contributed by atoms with van der Waals surface area (Å²) >= 11 is 1.28. The monoisotopic (exact) mass is 381 g/mol. The Labute approximate surface area is 160 Å². The normalized spacial score (nSPS) is 13.3. The molecule has 138 valence electrons. The molecule has 0 aliphatic carbocycles. The number of ether oxygens (including phenoxy) is 1. The minimum absolute atomic E-state index is 0.0300. The number of nitrogens with zero attached hydrogens (tertiary/aromatic N) is 3. The van der Waals surface area contributed by atoms with Crippen molar-refractivity contribution < 1.29 is 9.53 Å². The Morgan fingerprint density at radius 1 is 1.26 bits per heavy atom. The molecule has 0 N–H and O–H groups in total. The average Bonchev–Trinajstić information content (AvgIpc) is 2.69. The number of hydrogen-bond acceptors (Lipinski definition) is 5. The molecule has 6 nitrogen and oxygen atoms in total. The van der Waals surface area contributed by atoms with Crippen molar-refractivity contribution in [3.63, 3.8) is 0 Å². The molecule has 0 radical (unpaired) electrons. The molecule has 3 aromatic rings. The van der Waals surface area contributed by atoms with Crippen LogP contribution < -0.4 is 15.2 Å². The molecule has 0 saturated heterocycles. The van der Waals surface area contributed by atoms with Crippen LogP contribution in [-0.4, -0.2) is 34.4 Å². The number of carbonyl (C=O) groups is 1. The lowest BCUT2D eigenvalue weighted by molar-refractivity contribution is -0.116. The van der Waals surface area contributed by atoms with Gasteiger partial charge in [0.05, 0.1) is 28.9 Å². The molecule has 4 rings (SSSR count). The quantitative estimate of drug-likeness (QED) is 0.516. The highest BCUT2D eigenvalue weighted by Crippen LogP contribution is 2.33. The molecular weight excluding hydrogens is 362 g/mol. The third kappa shape index (κ3) is 3.30. The van der Waals surface area contributed by atoms with Crippen molar-refractivity contribution in [1.82, 2.24) is 9.55 Å². The van der Waals surface area contributed by atoms with Gasteiger partial charge >= 0.3 is 0 Å². The molecule has 7 heteroatoms. The largest absolute Gasteiger partial charge is 0.490 e. The van der Waals surface area contributed by atoms with Gasteiger partial charge in [-0.15, -0.1) is 0 Å². The number of hydrogen-bond donors (Lipinski definition) is 0. The van der Waals surface area contributed by atoms with Gasteiger partial charge in [-0.05, 0) is 36.8 Å². The van der Waals surface area contributed by atoms with Gasteiger partial charge in [-0.25, -0.2) is 4.98 Å². The fourth-order valence-electron chi connectivity index (χ4n) is 3.12. The Kier molecular flexibility index (Phi) is 4.61. The van der Waals surface area contributed by atoms with Crippen LogP contribution in [0.5, 0.6) is 5.75 Å². The van der Waals surface area contributed by atoms with Gasteiger partial charge in [-0.2, -0.15) is 0 Å². The summed E-state index contributed by atoms with van der Waals surface area (Å²) in [6, 6.07) is 13.1. The molecule has 0 spiro atoms. The Morgan fingerprint density at radius 3 is 2.93 bits per heavy atom. The molecule has 0 atom stereocenters. The Balaban J connectivity index is 1.57. The summed E-state index contributed by atoms with van der Waals surface area (Å²) in [7, 11) is 1.68. The predicted octanol–water partition coefficient (Wildman–Crippen LogP) is 2.76. The first kappa shape index (κ1) is 17.6. The van der Waals surface area contributed by atoms with Gasteiger partial charge in [-0.3, -0.25) is 14.2 Å². The highest BCUT2D eigenvalue weighted by Gasteiger charge is 2.24. The van der Waals surface area contributed by atoms with E-state index in [-0.39, 0.29) is 17.2 Å². The van der Waals surface area contributed by atoms with Crippen LogP contribution in [0.2, 0.25) is 0 Å². The summed E-state index contributed by atoms with van der Waals surface area (Å²) in [6.07, 6.45) is 0. The second-order valence-corrected chi connectivity index (χ2v) is 7.37. The minimum Gasteiger partial charge on any atom is -0.490 e. The van der Waals surface area contributed by atoms with E-state index in [9.17, 15) is 9.59 Å². The van der Waals surface area contributed by atoms with Gasteiger partial charge < -0.3 is 9.64 Å². The van der Waals surface area contributed by atoms with Gasteiger partial charge in [0, 0.05) is 7.05 Å². The van der Waals surface area contributed by atoms with E-state index in [0.717, 1.165) is 17.0 Å². The van der Waals surface area contributed by atoms with Gasteiger partial charge in [-0.1, -0.05) is 30.0 Å². The number of anilines is 1. The maximum absolute atomic E-state index is 12.8. The van der Waals surface area contributed by atoms with Crippen molar-refractivity contribution in [2.45, 2.75) is 12.1 Å². The molecule has 27 heavy (non-hydrogen) atoms. The summed E-state index contributed by atoms with van der Waals surface area (Å²) in [5, 5.41) is 1.11. The highest BCUT2D eigenvalue weighted by molar-refractivity contribution is 7.99. The molecule has 0 bridgehead atoms. The summed E-state index contributed by atoms with van der Waals surface area (Å²) in [4.78, 5) is 31.6. The number of thioether (sulfide) groups is 1. The van der Waals surface area contributed by atoms with Crippen LogP contribution >= 0.6 is 11.8 Å². The lowest BCUT2D eigenvalue weighted by atomic mass is 10.1. The predicted molar refractivity (Wildman–Crippen MR) is 107 cm³/mol. The summed E-state index contributed by atoms with van der Waals surface area (Å²) in [5.74, 6) is 0.894. The van der Waals surface area contributed by atoms with E-state index in [1.54, 1.807) is 18.0 Å². The molecule has 1 aliphatic rings. The molecule has 1 aromatic heterocycles. The third-order valence-corrected chi connectivity index (χ3v) is 5.56. The molecular formula is C20H19N3O3S. The lowest BCUT2D eigenvalue weighted by Crippen LogP contribution is -2.39. The van der Waals surface area contributed by atoms with Crippen LogP contribution in [-0.2, 0) is 11.8 Å². The van der Waals surface area contributed by atoms with Crippen molar-refractivity contribution in [2.24, 2.45) is 7.05 Å². The summed E-state index contributed by atoms with van der Waals surface area (Å²) < 4.78 is 7.14. The molecule has 0 fully saturated rings. The minimum atomic E-state index is -0.108. The molecule has 2 heterocycles. The second-order valence-electron chi connectivity index (χ2n) is 6.43. The van der Waals surface area contributed by atoms with E-state index < -0.39 is 0 Å². The number of amides is 1. The van der Waals surface area contributed by atoms with Crippen LogP contribution in [0, 0.1) is 6.92 Å². The maximum Gasteiger partial charge on any atom is 0.261 e. The summed E-state index contributed by atoms with van der Waals surface area (Å²) in [5.41, 5.74) is 2.40. The first-order valence-electron chi connectivity index (χ1n) is 8.67. The van der Waals surface area contributed by atoms with Crippen LogP contribution in [0.3, 0.4) is 0 Å². The zero-order valence-corrected chi connectivity index (χ0v) is 16.0. The first-order valence-corrected chi connectivity index (χ1v) is 9.65. The van der Waals surface area contributed by atoms with Gasteiger partial charge in [0.15, 0.2) is 5.16 Å². The van der Waals surface area contributed by atoms with Crippen molar-refractivity contribution in [2.75, 3.05) is 23.8 Å². The standard InChI is InChI=1S/C20H19N3O3S/c1-13-7-8-17-16(11-13)23(9-10-26-17)18(24)12-27-20-21-15-6-4-3-5-14(15)19(25)22(20)2/h3-8,11H,9-10,12H2,1-2H3. The Hall–Kier alpha value is -2.80. The molecule has 0 saturated carbocycles. The average molecular weight is 381 g/mol. The van der Waals surface area contributed by atoms with Crippen molar-refractivity contribution in [1.29, 1.82) is 0 Å². The van der Waals surface area contributed by atoms with Crippen molar-refractivity contribution in [3.8, 4) is 5.75 Å². The Bertz CT molecular complexity index is 1090. The number of aromatic nitrogens is 2. The number of aryl methyl sites for hydroxylation is 1. The van der Waals surface area contributed by atoms with E-state index in [0.29, 0.717) is 29.2 Å². The van der Waals surface area contributed by atoms with Crippen molar-refractivity contribution >= 4 is 34.3 Å². The van der Waals surface area contributed by atoms with Gasteiger partial charge in [0.2, 0.25) is 5.91 Å². The second kappa shape index (κ2) is 7.08. The fourth-order valence-corrected chi connectivity index (χ4v) is 3.97. The molecule has 1 aliphatic heterocycles. The fraction of sp³-hybridized carbons (Fsp3) is 0.250. The van der Waals surface area contributed by atoms with E-state index in [1.165, 1.54) is 16.3 Å². The number of benzene rings is 2. The zero-order chi connectivity index (χ0) is 19.0. The Morgan fingerprint density at radius 2 is 2.07 bits per heavy atom. The highest BCUT2D eigenvalue weighted by atomic mass is 32.2. The molecule has 2 aromatic carbocycles. The van der Waals surface area contributed by atoms with E-state index in [2.05, 4.69) is 4.98 Å². The van der Waals surface area contributed by atoms with Gasteiger partial charge in [0.25, 0.3) is 5.56 Å². The number of fused-ring (bicyclic) bond motifs is 2. The third-order valence-electron chi connectivity index (χ3n) is 4.55. The first-order chi connectivity index (χ1) is 13.0. The SMILES string of the molecule is Cc1ccc2c(c1)N(C(=O)CSc1nc3ccccc3c(=O)n1C)CCO2. The summed E-state index contributed by atoms with van der Waals surface area (Å²) in [6.45, 7) is 2.97. The van der Waals surface area contributed by atoms with Crippen molar-refractivity contribution in [3.05, 3.63) is 58.4 Å². The van der Waals surface area contributed by atoms with E-state index >= 15 is 0 Å². The zero-order valence-electron chi connectivity index (χ0n) is 15.1. The van der Waals surface area contributed by atoms with Crippen LogP contribution in [0.25, 0.3) is 10.9 Å². The van der Waals surface area contributed by atoms with Crippen LogP contribution in [0.15, 0.2) is 52.4 Å². The smallest absolute Gasteiger partial charge is 0.261 e. The maximum atomic E-state index is 12.8. The van der Waals surface area contributed by atoms with E-state index in [4.69, 9.17) is 4.74 Å². The molecule has 1 amide bonds. The van der Waals surface area contributed by atoms with Crippen LogP contribution in [0.4, 0.5) is 5.69 Å². The molecule has 0 unspecified atom stereocenters. The van der Waals surface area contributed by atoms with E-state index in [1.807, 2.05) is 43.3 Å².